The Bertz CT molecular complexity index is 963. The highest BCUT2D eigenvalue weighted by Gasteiger charge is 2.30. The summed E-state index contributed by atoms with van der Waals surface area (Å²) in [4.78, 5) is 14.6. The Balaban J connectivity index is 1.86. The molecule has 8 heteroatoms. The van der Waals surface area contributed by atoms with Gasteiger partial charge in [-0.05, 0) is 71.2 Å². The molecule has 1 fully saturated rings. The molecule has 2 aromatic carbocycles. The van der Waals surface area contributed by atoms with E-state index in [1.54, 1.807) is 23.1 Å². The van der Waals surface area contributed by atoms with Gasteiger partial charge >= 0.3 is 0 Å². The largest absolute Gasteiger partial charge is 0.490 e. The van der Waals surface area contributed by atoms with Crippen LogP contribution in [0.4, 0.5) is 4.39 Å². The van der Waals surface area contributed by atoms with E-state index < -0.39 is 0 Å². The third-order valence-electron chi connectivity index (χ3n) is 4.12. The number of halogens is 2. The van der Waals surface area contributed by atoms with Crippen LogP contribution in [-0.4, -0.2) is 28.3 Å². The number of thioether (sulfide) groups is 1. The van der Waals surface area contributed by atoms with E-state index in [4.69, 9.17) is 21.7 Å². The highest BCUT2D eigenvalue weighted by molar-refractivity contribution is 9.10. The number of benzene rings is 2. The summed E-state index contributed by atoms with van der Waals surface area (Å²) in [5, 5.41) is 0. The summed E-state index contributed by atoms with van der Waals surface area (Å²) < 4.78 is 26.0. The lowest BCUT2D eigenvalue weighted by molar-refractivity contribution is -0.121. The molecular weight excluding hydrogens is 477 g/mol. The number of hydrogen-bond acceptors (Lipinski definition) is 5. The van der Waals surface area contributed by atoms with Crippen LogP contribution in [0.15, 0.2) is 45.8 Å². The van der Waals surface area contributed by atoms with Gasteiger partial charge in [-0.25, -0.2) is 4.39 Å². The molecule has 0 aromatic heterocycles. The summed E-state index contributed by atoms with van der Waals surface area (Å²) in [5.41, 5.74) is 1.64. The second-order valence-electron chi connectivity index (χ2n) is 6.10. The maximum Gasteiger partial charge on any atom is 0.266 e. The van der Waals surface area contributed by atoms with Crippen LogP contribution in [0.2, 0.25) is 0 Å². The molecule has 0 unspecified atom stereocenters. The highest BCUT2D eigenvalue weighted by atomic mass is 79.9. The molecular formula is C21H19BrFNO3S2. The number of amides is 1. The van der Waals surface area contributed by atoms with E-state index in [1.165, 1.54) is 23.9 Å². The van der Waals surface area contributed by atoms with Crippen LogP contribution < -0.4 is 9.47 Å². The van der Waals surface area contributed by atoms with E-state index in [2.05, 4.69) is 15.9 Å². The monoisotopic (exact) mass is 495 g/mol. The fraction of sp³-hybridized carbons (Fsp3) is 0.238. The average Bonchev–Trinajstić information content (AvgIpc) is 2.95. The van der Waals surface area contributed by atoms with Gasteiger partial charge in [0, 0.05) is 6.54 Å². The number of carbonyl (C=O) groups excluding carboxylic acids is 1. The Morgan fingerprint density at radius 1 is 1.21 bits per heavy atom. The van der Waals surface area contributed by atoms with Gasteiger partial charge in [-0.3, -0.25) is 9.69 Å². The predicted octanol–water partition coefficient (Wildman–Crippen LogP) is 5.79. The molecule has 0 radical (unpaired) electrons. The smallest absolute Gasteiger partial charge is 0.266 e. The minimum atomic E-state index is -0.289. The van der Waals surface area contributed by atoms with Gasteiger partial charge in [-0.15, -0.1) is 0 Å². The molecule has 0 N–H and O–H groups in total. The van der Waals surface area contributed by atoms with Crippen molar-refractivity contribution in [3.63, 3.8) is 0 Å². The number of nitrogens with zero attached hydrogens (tertiary/aromatic N) is 1. The van der Waals surface area contributed by atoms with Gasteiger partial charge < -0.3 is 9.47 Å². The van der Waals surface area contributed by atoms with E-state index in [0.717, 1.165) is 11.1 Å². The number of rotatable bonds is 7. The fourth-order valence-electron chi connectivity index (χ4n) is 2.73. The summed E-state index contributed by atoms with van der Waals surface area (Å²) in [6.07, 6.45) is 1.80. The first-order chi connectivity index (χ1) is 13.9. The summed E-state index contributed by atoms with van der Waals surface area (Å²) >= 11 is 10.1. The third-order valence-corrected chi connectivity index (χ3v) is 6.08. The number of hydrogen-bond donors (Lipinski definition) is 0. The molecule has 0 spiro atoms. The number of thiocarbonyl (C=S) groups is 1. The van der Waals surface area contributed by atoms with Crippen LogP contribution in [0.5, 0.6) is 11.5 Å². The van der Waals surface area contributed by atoms with E-state index in [9.17, 15) is 9.18 Å². The molecule has 29 heavy (non-hydrogen) atoms. The van der Waals surface area contributed by atoms with Crippen LogP contribution in [-0.2, 0) is 11.4 Å². The van der Waals surface area contributed by atoms with E-state index in [0.29, 0.717) is 38.3 Å². The van der Waals surface area contributed by atoms with Crippen molar-refractivity contribution < 1.29 is 18.7 Å². The summed E-state index contributed by atoms with van der Waals surface area (Å²) in [7, 11) is 0. The molecule has 152 valence electrons. The Hall–Kier alpha value is -1.90. The van der Waals surface area contributed by atoms with Crippen LogP contribution in [0.25, 0.3) is 6.08 Å². The Labute approximate surface area is 187 Å². The molecule has 1 aliphatic heterocycles. The zero-order valence-electron chi connectivity index (χ0n) is 15.9. The minimum absolute atomic E-state index is 0.0896. The fourth-order valence-corrected chi connectivity index (χ4v) is 4.69. The summed E-state index contributed by atoms with van der Waals surface area (Å²) in [6, 6.07) is 9.83. The highest BCUT2D eigenvalue weighted by Crippen LogP contribution is 2.39. The van der Waals surface area contributed by atoms with Crippen LogP contribution in [0.1, 0.15) is 25.0 Å². The lowest BCUT2D eigenvalue weighted by Crippen LogP contribution is -2.27. The standard InChI is InChI=1S/C21H19BrFNO3S2/c1-3-24-20(25)18(29-21(24)28)11-14-9-16(22)19(17(10-14)26-4-2)27-12-13-5-7-15(23)8-6-13/h5-11H,3-4,12H2,1-2H3/b18-11-. The first-order valence-corrected chi connectivity index (χ1v) is 11.0. The molecule has 3 rings (SSSR count). The normalized spacial score (nSPS) is 15.3. The molecule has 1 aliphatic rings. The molecule has 4 nitrogen and oxygen atoms in total. The molecule has 1 heterocycles. The van der Waals surface area contributed by atoms with Gasteiger partial charge in [-0.1, -0.05) is 36.1 Å². The van der Waals surface area contributed by atoms with E-state index in [-0.39, 0.29) is 18.3 Å². The van der Waals surface area contributed by atoms with Crippen LogP contribution in [0.3, 0.4) is 0 Å². The van der Waals surface area contributed by atoms with Gasteiger partial charge in [0.15, 0.2) is 11.5 Å². The van der Waals surface area contributed by atoms with Crippen molar-refractivity contribution >= 4 is 56.2 Å². The minimum Gasteiger partial charge on any atom is -0.490 e. The average molecular weight is 496 g/mol. The van der Waals surface area contributed by atoms with Crippen molar-refractivity contribution in [1.82, 2.24) is 4.90 Å². The molecule has 1 amide bonds. The SMILES string of the molecule is CCOc1cc(/C=C2\SC(=S)N(CC)C2=O)cc(Br)c1OCc1ccc(F)cc1. The molecule has 1 saturated heterocycles. The molecule has 0 aliphatic carbocycles. The lowest BCUT2D eigenvalue weighted by atomic mass is 10.1. The Morgan fingerprint density at radius 3 is 2.55 bits per heavy atom. The summed E-state index contributed by atoms with van der Waals surface area (Å²) in [5.74, 6) is 0.728. The van der Waals surface area contributed by atoms with E-state index >= 15 is 0 Å². The van der Waals surface area contributed by atoms with Gasteiger partial charge in [0.2, 0.25) is 0 Å². The van der Waals surface area contributed by atoms with Gasteiger partial charge in [-0.2, -0.15) is 0 Å². The zero-order valence-corrected chi connectivity index (χ0v) is 19.1. The van der Waals surface area contributed by atoms with Crippen molar-refractivity contribution in [2.24, 2.45) is 0 Å². The molecule has 2 aromatic rings. The second-order valence-corrected chi connectivity index (χ2v) is 8.63. The number of carbonyl (C=O) groups is 1. The lowest BCUT2D eigenvalue weighted by Gasteiger charge is -2.15. The maximum atomic E-state index is 13.1. The van der Waals surface area contributed by atoms with Crippen LogP contribution >= 0.6 is 39.9 Å². The topological polar surface area (TPSA) is 38.8 Å². The first kappa shape index (κ1) is 21.8. The van der Waals surface area contributed by atoms with Gasteiger partial charge in [0.1, 0.15) is 16.7 Å². The van der Waals surface area contributed by atoms with Gasteiger partial charge in [0.25, 0.3) is 5.91 Å². The van der Waals surface area contributed by atoms with Crippen molar-refractivity contribution in [3.05, 3.63) is 62.7 Å². The van der Waals surface area contributed by atoms with E-state index in [1.807, 2.05) is 26.0 Å². The van der Waals surface area contributed by atoms with Gasteiger partial charge in [0.05, 0.1) is 16.0 Å². The molecule has 0 saturated carbocycles. The first-order valence-electron chi connectivity index (χ1n) is 9.01. The van der Waals surface area contributed by atoms with Crippen LogP contribution in [0, 0.1) is 5.82 Å². The maximum absolute atomic E-state index is 13.1. The number of likely N-dealkylation sites (N-methyl/N-ethyl adjacent to an activating group) is 1. The third kappa shape index (κ3) is 5.18. The predicted molar refractivity (Wildman–Crippen MR) is 122 cm³/mol. The van der Waals surface area contributed by atoms with Crippen molar-refractivity contribution in [1.29, 1.82) is 0 Å². The van der Waals surface area contributed by atoms with Crippen molar-refractivity contribution in [3.8, 4) is 11.5 Å². The Kier molecular flexibility index (Phi) is 7.32. The number of ether oxygens (including phenoxy) is 2. The van der Waals surface area contributed by atoms with Crippen molar-refractivity contribution in [2.45, 2.75) is 20.5 Å². The quantitative estimate of drug-likeness (QED) is 0.359. The molecule has 0 atom stereocenters. The molecule has 0 bridgehead atoms. The zero-order chi connectivity index (χ0) is 21.0. The van der Waals surface area contributed by atoms with Crippen molar-refractivity contribution in [2.75, 3.05) is 13.2 Å². The summed E-state index contributed by atoms with van der Waals surface area (Å²) in [6.45, 7) is 5.06. The Morgan fingerprint density at radius 2 is 1.93 bits per heavy atom. The second kappa shape index (κ2) is 9.73.